The van der Waals surface area contributed by atoms with Gasteiger partial charge in [-0.15, -0.1) is 0 Å². The summed E-state index contributed by atoms with van der Waals surface area (Å²) in [5.41, 5.74) is 3.76. The molecule has 1 N–H and O–H groups in total. The van der Waals surface area contributed by atoms with E-state index in [1.165, 1.54) is 37.1 Å². The molecule has 3 heterocycles. The quantitative estimate of drug-likeness (QED) is 0.468. The number of nitrogens with one attached hydrogen (secondary N) is 1. The maximum atomic E-state index is 6.48. The summed E-state index contributed by atoms with van der Waals surface area (Å²) in [7, 11) is 0. The van der Waals surface area contributed by atoms with Gasteiger partial charge in [-0.1, -0.05) is 89.9 Å². The average molecular weight is 451 g/mol. The van der Waals surface area contributed by atoms with Gasteiger partial charge in [-0.05, 0) is 55.1 Å². The minimum atomic E-state index is 0.324. The van der Waals surface area contributed by atoms with Crippen molar-refractivity contribution in [2.24, 2.45) is 5.92 Å². The fraction of sp³-hybridized carbons (Fsp3) is 0.333. The van der Waals surface area contributed by atoms with E-state index in [4.69, 9.17) is 23.2 Å². The minimum absolute atomic E-state index is 0.324. The monoisotopic (exact) mass is 450 g/mol. The van der Waals surface area contributed by atoms with Crippen LogP contribution >= 0.6 is 23.2 Å². The molecule has 3 aromatic rings. The van der Waals surface area contributed by atoms with Crippen LogP contribution in [0.25, 0.3) is 0 Å². The Kier molecular flexibility index (Phi) is 6.34. The van der Waals surface area contributed by atoms with Crippen LogP contribution in [0.15, 0.2) is 78.9 Å². The molecule has 3 aliphatic heterocycles. The van der Waals surface area contributed by atoms with Crippen LogP contribution in [0.1, 0.15) is 35.4 Å². The molecule has 3 fully saturated rings. The van der Waals surface area contributed by atoms with Crippen molar-refractivity contribution in [3.8, 4) is 0 Å². The molecule has 0 radical (unpaired) electrons. The van der Waals surface area contributed by atoms with E-state index in [2.05, 4.69) is 70.9 Å². The zero-order chi connectivity index (χ0) is 21.2. The number of hydrogen-bond donors (Lipinski definition) is 1. The second-order valence-corrected chi connectivity index (χ2v) is 9.58. The van der Waals surface area contributed by atoms with Crippen molar-refractivity contribution in [2.75, 3.05) is 13.1 Å². The first-order valence-electron chi connectivity index (χ1n) is 11.2. The number of hydrogen-bond acceptors (Lipinski definition) is 2. The van der Waals surface area contributed by atoms with Crippen molar-refractivity contribution in [3.63, 3.8) is 0 Å². The molecule has 2 nitrogen and oxygen atoms in total. The van der Waals surface area contributed by atoms with E-state index in [0.29, 0.717) is 30.5 Å². The maximum Gasteiger partial charge on any atom is 0.0465 e. The molecule has 31 heavy (non-hydrogen) atoms. The molecule has 3 aliphatic rings. The Morgan fingerprint density at radius 1 is 0.774 bits per heavy atom. The molecular formula is C27H28Cl2N2. The number of fused-ring (bicyclic) bond motifs is 3. The van der Waals surface area contributed by atoms with Crippen molar-refractivity contribution in [2.45, 2.75) is 37.4 Å². The van der Waals surface area contributed by atoms with E-state index in [9.17, 15) is 0 Å². The summed E-state index contributed by atoms with van der Waals surface area (Å²) in [4.78, 5) is 2.70. The van der Waals surface area contributed by atoms with Gasteiger partial charge in [0, 0.05) is 40.2 Å². The standard InChI is InChI=1S/C27H28Cl2N2/c28-23-12-7-13-24(29)22(23)18-30-26-21-14-16-31(17-15-21)27(26)25(19-8-3-1-4-9-19)20-10-5-2-6-11-20/h1-13,21,25-27,30H,14-18H2. The van der Waals surface area contributed by atoms with Crippen LogP contribution in [0.2, 0.25) is 10.0 Å². The van der Waals surface area contributed by atoms with Crippen molar-refractivity contribution >= 4 is 23.2 Å². The fourth-order valence-corrected chi connectivity index (χ4v) is 6.15. The molecule has 3 saturated heterocycles. The summed E-state index contributed by atoms with van der Waals surface area (Å²) in [6.07, 6.45) is 2.50. The summed E-state index contributed by atoms with van der Waals surface area (Å²) in [5, 5.41) is 5.38. The molecule has 0 spiro atoms. The first-order chi connectivity index (χ1) is 15.2. The largest absolute Gasteiger partial charge is 0.308 e. The van der Waals surface area contributed by atoms with Crippen molar-refractivity contribution in [3.05, 3.63) is 106 Å². The van der Waals surface area contributed by atoms with Crippen LogP contribution < -0.4 is 5.32 Å². The molecule has 2 atom stereocenters. The Bertz CT molecular complexity index is 941. The summed E-state index contributed by atoms with van der Waals surface area (Å²) in [6.45, 7) is 3.05. The molecule has 0 aromatic heterocycles. The first kappa shape index (κ1) is 21.0. The van der Waals surface area contributed by atoms with E-state index >= 15 is 0 Å². The smallest absolute Gasteiger partial charge is 0.0465 e. The van der Waals surface area contributed by atoms with Crippen LogP contribution in [0.3, 0.4) is 0 Å². The molecular weight excluding hydrogens is 423 g/mol. The second kappa shape index (κ2) is 9.34. The van der Waals surface area contributed by atoms with Gasteiger partial charge in [0.1, 0.15) is 0 Å². The zero-order valence-electron chi connectivity index (χ0n) is 17.6. The lowest BCUT2D eigenvalue weighted by atomic mass is 9.70. The Morgan fingerprint density at radius 2 is 1.32 bits per heavy atom. The highest BCUT2D eigenvalue weighted by Crippen LogP contribution is 2.42. The van der Waals surface area contributed by atoms with Crippen molar-refractivity contribution < 1.29 is 0 Å². The van der Waals surface area contributed by atoms with Gasteiger partial charge in [0.2, 0.25) is 0 Å². The van der Waals surface area contributed by atoms with Gasteiger partial charge >= 0.3 is 0 Å². The summed E-state index contributed by atoms with van der Waals surface area (Å²) in [5.74, 6) is 0.996. The first-order valence-corrected chi connectivity index (χ1v) is 12.0. The minimum Gasteiger partial charge on any atom is -0.308 e. The van der Waals surface area contributed by atoms with Gasteiger partial charge < -0.3 is 5.32 Å². The normalized spacial score (nSPS) is 25.1. The van der Waals surface area contributed by atoms with Crippen molar-refractivity contribution in [1.82, 2.24) is 10.2 Å². The zero-order valence-corrected chi connectivity index (χ0v) is 19.1. The van der Waals surface area contributed by atoms with Crippen LogP contribution in [-0.2, 0) is 6.54 Å². The van der Waals surface area contributed by atoms with Gasteiger partial charge in [-0.2, -0.15) is 0 Å². The summed E-state index contributed by atoms with van der Waals surface area (Å²) in [6, 6.07) is 28.5. The molecule has 6 rings (SSSR count). The van der Waals surface area contributed by atoms with Crippen LogP contribution in [0, 0.1) is 5.92 Å². The Hall–Kier alpha value is -1.84. The Balaban J connectivity index is 1.51. The number of halogens is 2. The number of nitrogens with zero attached hydrogens (tertiary/aromatic N) is 1. The second-order valence-electron chi connectivity index (χ2n) is 8.77. The maximum absolute atomic E-state index is 6.48. The molecule has 2 unspecified atom stereocenters. The predicted molar refractivity (Wildman–Crippen MR) is 130 cm³/mol. The summed E-state index contributed by atoms with van der Waals surface area (Å²) >= 11 is 13.0. The van der Waals surface area contributed by atoms with Gasteiger partial charge in [-0.3, -0.25) is 4.90 Å². The summed E-state index contributed by atoms with van der Waals surface area (Å²) < 4.78 is 0. The molecule has 0 aliphatic carbocycles. The van der Waals surface area contributed by atoms with E-state index in [1.54, 1.807) is 0 Å². The lowest BCUT2D eigenvalue weighted by Crippen LogP contribution is -2.64. The van der Waals surface area contributed by atoms with Gasteiger partial charge in [0.05, 0.1) is 0 Å². The Labute approximate surface area is 195 Å². The molecule has 0 amide bonds. The van der Waals surface area contributed by atoms with Gasteiger partial charge in [0.15, 0.2) is 0 Å². The third-order valence-corrected chi connectivity index (χ3v) is 7.81. The molecule has 160 valence electrons. The highest BCUT2D eigenvalue weighted by Gasteiger charge is 2.46. The topological polar surface area (TPSA) is 15.3 Å². The Morgan fingerprint density at radius 3 is 1.87 bits per heavy atom. The highest BCUT2D eigenvalue weighted by atomic mass is 35.5. The molecule has 3 aromatic carbocycles. The van der Waals surface area contributed by atoms with Gasteiger partial charge in [-0.25, -0.2) is 0 Å². The van der Waals surface area contributed by atoms with E-state index in [1.807, 2.05) is 18.2 Å². The fourth-order valence-electron chi connectivity index (χ4n) is 5.62. The van der Waals surface area contributed by atoms with Gasteiger partial charge in [0.25, 0.3) is 0 Å². The third-order valence-electron chi connectivity index (χ3n) is 7.11. The highest BCUT2D eigenvalue weighted by molar-refractivity contribution is 6.35. The number of rotatable bonds is 6. The SMILES string of the molecule is Clc1cccc(Cl)c1CNC1C2CCN(CC2)C1C(c1ccccc1)c1ccccc1. The van der Waals surface area contributed by atoms with Crippen LogP contribution in [0.5, 0.6) is 0 Å². The molecule has 0 saturated carbocycles. The van der Waals surface area contributed by atoms with Crippen molar-refractivity contribution in [1.29, 1.82) is 0 Å². The van der Waals surface area contributed by atoms with E-state index < -0.39 is 0 Å². The molecule has 4 heteroatoms. The average Bonchev–Trinajstić information content (AvgIpc) is 2.82. The number of benzene rings is 3. The van der Waals surface area contributed by atoms with E-state index in [-0.39, 0.29) is 0 Å². The lowest BCUT2D eigenvalue weighted by molar-refractivity contribution is 0.00468. The predicted octanol–water partition coefficient (Wildman–Crippen LogP) is 6.38. The number of piperidine rings is 3. The van der Waals surface area contributed by atoms with Crippen LogP contribution in [-0.4, -0.2) is 30.1 Å². The lowest BCUT2D eigenvalue weighted by Gasteiger charge is -2.54. The molecule has 2 bridgehead atoms. The third kappa shape index (κ3) is 4.27. The van der Waals surface area contributed by atoms with E-state index in [0.717, 1.165) is 15.6 Å². The van der Waals surface area contributed by atoms with Crippen LogP contribution in [0.4, 0.5) is 0 Å².